The number of nitrogens with two attached hydrogens (primary N) is 1. The lowest BCUT2D eigenvalue weighted by atomic mass is 10.1. The van der Waals surface area contributed by atoms with E-state index in [1.165, 1.54) is 44.7 Å². The van der Waals surface area contributed by atoms with Crippen molar-refractivity contribution < 1.29 is 4.79 Å². The average molecular weight is 263 g/mol. The number of likely N-dealkylation sites (tertiary alicyclic amines) is 1. The Balaban J connectivity index is 1.68. The minimum absolute atomic E-state index is 0.177. The quantitative estimate of drug-likeness (QED) is 0.763. The fourth-order valence-electron chi connectivity index (χ4n) is 2.30. The number of hydrogen-bond acceptors (Lipinski definition) is 5. The minimum atomic E-state index is -0.246. The molecule has 0 saturated carbocycles. The average Bonchev–Trinajstić information content (AvgIpc) is 2.45. The van der Waals surface area contributed by atoms with Gasteiger partial charge >= 0.3 is 0 Å². The van der Waals surface area contributed by atoms with Gasteiger partial charge in [-0.3, -0.25) is 4.79 Å². The lowest BCUT2D eigenvalue weighted by Crippen LogP contribution is -2.33. The maximum Gasteiger partial charge on any atom is 0.273 e. The molecule has 2 rings (SSSR count). The van der Waals surface area contributed by atoms with Crippen molar-refractivity contribution in [1.82, 2.24) is 20.2 Å². The van der Waals surface area contributed by atoms with Gasteiger partial charge < -0.3 is 16.0 Å². The molecule has 0 spiro atoms. The molecule has 19 heavy (non-hydrogen) atoms. The van der Waals surface area contributed by atoms with E-state index in [0.717, 1.165) is 13.0 Å². The fourth-order valence-corrected chi connectivity index (χ4v) is 2.30. The second-order valence-electron chi connectivity index (χ2n) is 4.80. The highest BCUT2D eigenvalue weighted by molar-refractivity contribution is 5.96. The van der Waals surface area contributed by atoms with Crippen molar-refractivity contribution in [3.8, 4) is 0 Å². The van der Waals surface area contributed by atoms with Crippen molar-refractivity contribution in [1.29, 1.82) is 0 Å². The highest BCUT2D eigenvalue weighted by atomic mass is 16.1. The Bertz CT molecular complexity index is 417. The maximum atomic E-state index is 11.8. The van der Waals surface area contributed by atoms with Crippen molar-refractivity contribution in [2.24, 2.45) is 0 Å². The minimum Gasteiger partial charge on any atom is -0.382 e. The van der Waals surface area contributed by atoms with Gasteiger partial charge in [-0.15, -0.1) is 0 Å². The molecule has 0 radical (unpaired) electrons. The van der Waals surface area contributed by atoms with E-state index in [0.29, 0.717) is 6.54 Å². The third-order valence-corrected chi connectivity index (χ3v) is 3.33. The number of nitrogens with one attached hydrogen (secondary N) is 1. The van der Waals surface area contributed by atoms with E-state index >= 15 is 0 Å². The summed E-state index contributed by atoms with van der Waals surface area (Å²) in [5.41, 5.74) is 5.81. The number of hydrogen-bond donors (Lipinski definition) is 2. The van der Waals surface area contributed by atoms with Gasteiger partial charge in [0.05, 0.1) is 0 Å². The second kappa shape index (κ2) is 7.04. The van der Waals surface area contributed by atoms with E-state index in [9.17, 15) is 4.79 Å². The van der Waals surface area contributed by atoms with Crippen LogP contribution in [-0.2, 0) is 0 Å². The van der Waals surface area contributed by atoms with Crippen LogP contribution in [0, 0.1) is 0 Å². The molecule has 0 aromatic carbocycles. The SMILES string of the molecule is Nc1nccnc1C(=O)NCCCN1CCCCC1. The molecule has 0 bridgehead atoms. The summed E-state index contributed by atoms with van der Waals surface area (Å²) in [5, 5.41) is 2.83. The summed E-state index contributed by atoms with van der Waals surface area (Å²) in [6, 6.07) is 0. The molecule has 0 aliphatic carbocycles. The lowest BCUT2D eigenvalue weighted by molar-refractivity contribution is 0.0947. The predicted octanol–water partition coefficient (Wildman–Crippen LogP) is 0.665. The van der Waals surface area contributed by atoms with Crippen LogP contribution in [0.15, 0.2) is 12.4 Å². The second-order valence-corrected chi connectivity index (χ2v) is 4.80. The van der Waals surface area contributed by atoms with E-state index in [1.54, 1.807) is 0 Å². The highest BCUT2D eigenvalue weighted by Crippen LogP contribution is 2.08. The maximum absolute atomic E-state index is 11.8. The van der Waals surface area contributed by atoms with Crippen LogP contribution in [0.1, 0.15) is 36.2 Å². The van der Waals surface area contributed by atoms with Crippen LogP contribution < -0.4 is 11.1 Å². The Morgan fingerprint density at radius 2 is 2.00 bits per heavy atom. The first-order valence-electron chi connectivity index (χ1n) is 6.84. The van der Waals surface area contributed by atoms with Crippen LogP contribution in [0.3, 0.4) is 0 Å². The van der Waals surface area contributed by atoms with Gasteiger partial charge in [0, 0.05) is 18.9 Å². The Kier molecular flexibility index (Phi) is 5.09. The summed E-state index contributed by atoms with van der Waals surface area (Å²) in [4.78, 5) is 22.0. The Hall–Kier alpha value is -1.69. The number of rotatable bonds is 5. The van der Waals surface area contributed by atoms with Gasteiger partial charge in [0.1, 0.15) is 0 Å². The van der Waals surface area contributed by atoms with Gasteiger partial charge in [0.25, 0.3) is 5.91 Å². The number of anilines is 1. The smallest absolute Gasteiger partial charge is 0.273 e. The molecule has 1 aliphatic rings. The molecule has 1 aromatic rings. The highest BCUT2D eigenvalue weighted by Gasteiger charge is 2.12. The van der Waals surface area contributed by atoms with E-state index in [4.69, 9.17) is 5.73 Å². The standard InChI is InChI=1S/C13H21N5O/c14-12-11(15-6-7-16-12)13(19)17-5-4-10-18-8-2-1-3-9-18/h6-7H,1-5,8-10H2,(H2,14,16)(H,17,19). The molecule has 1 fully saturated rings. The van der Waals surface area contributed by atoms with Crippen LogP contribution in [0.5, 0.6) is 0 Å². The van der Waals surface area contributed by atoms with Crippen LogP contribution in [0.2, 0.25) is 0 Å². The number of carbonyl (C=O) groups is 1. The molecule has 0 atom stereocenters. The van der Waals surface area contributed by atoms with Crippen LogP contribution in [-0.4, -0.2) is 47.0 Å². The zero-order valence-electron chi connectivity index (χ0n) is 11.1. The van der Waals surface area contributed by atoms with Gasteiger partial charge in [0.15, 0.2) is 11.5 Å². The van der Waals surface area contributed by atoms with Crippen LogP contribution in [0.25, 0.3) is 0 Å². The molecule has 6 heteroatoms. The third-order valence-electron chi connectivity index (χ3n) is 3.33. The zero-order chi connectivity index (χ0) is 13.5. The van der Waals surface area contributed by atoms with Crippen molar-refractivity contribution >= 4 is 11.7 Å². The Morgan fingerprint density at radius 3 is 2.74 bits per heavy atom. The molecule has 1 aliphatic heterocycles. The van der Waals surface area contributed by atoms with Gasteiger partial charge in [-0.05, 0) is 38.9 Å². The van der Waals surface area contributed by atoms with Crippen molar-refractivity contribution in [2.75, 3.05) is 31.9 Å². The normalized spacial score (nSPS) is 16.2. The predicted molar refractivity (Wildman–Crippen MR) is 73.7 cm³/mol. The number of aromatic nitrogens is 2. The molecule has 3 N–H and O–H groups in total. The van der Waals surface area contributed by atoms with Gasteiger partial charge in [-0.1, -0.05) is 6.42 Å². The van der Waals surface area contributed by atoms with Gasteiger partial charge in [-0.2, -0.15) is 0 Å². The van der Waals surface area contributed by atoms with E-state index < -0.39 is 0 Å². The molecular formula is C13H21N5O. The van der Waals surface area contributed by atoms with Crippen molar-refractivity contribution in [2.45, 2.75) is 25.7 Å². The summed E-state index contributed by atoms with van der Waals surface area (Å²) in [6.07, 6.45) is 7.83. The van der Waals surface area contributed by atoms with E-state index in [1.807, 2.05) is 0 Å². The zero-order valence-corrected chi connectivity index (χ0v) is 11.1. The van der Waals surface area contributed by atoms with Crippen LogP contribution >= 0.6 is 0 Å². The summed E-state index contributed by atoms with van der Waals surface area (Å²) in [7, 11) is 0. The molecule has 2 heterocycles. The van der Waals surface area contributed by atoms with E-state index in [2.05, 4.69) is 20.2 Å². The first-order chi connectivity index (χ1) is 9.27. The Labute approximate surface area is 113 Å². The number of nitrogens with zero attached hydrogens (tertiary/aromatic N) is 3. The molecule has 0 unspecified atom stereocenters. The van der Waals surface area contributed by atoms with Gasteiger partial charge in [0.2, 0.25) is 0 Å². The summed E-state index contributed by atoms with van der Waals surface area (Å²) >= 11 is 0. The number of amides is 1. The molecule has 1 saturated heterocycles. The van der Waals surface area contributed by atoms with Gasteiger partial charge in [-0.25, -0.2) is 9.97 Å². The first kappa shape index (κ1) is 13.7. The largest absolute Gasteiger partial charge is 0.382 e. The topological polar surface area (TPSA) is 84.1 Å². The summed E-state index contributed by atoms with van der Waals surface area (Å²) < 4.78 is 0. The summed E-state index contributed by atoms with van der Waals surface area (Å²) in [5.74, 6) is -0.0692. The summed E-state index contributed by atoms with van der Waals surface area (Å²) in [6.45, 7) is 4.05. The van der Waals surface area contributed by atoms with E-state index in [-0.39, 0.29) is 17.4 Å². The lowest BCUT2D eigenvalue weighted by Gasteiger charge is -2.26. The number of carbonyl (C=O) groups excluding carboxylic acids is 1. The third kappa shape index (κ3) is 4.17. The van der Waals surface area contributed by atoms with Crippen molar-refractivity contribution in [3.63, 3.8) is 0 Å². The Morgan fingerprint density at radius 1 is 1.26 bits per heavy atom. The molecule has 104 valence electrons. The fraction of sp³-hybridized carbons (Fsp3) is 0.615. The monoisotopic (exact) mass is 263 g/mol. The number of nitrogen functional groups attached to an aromatic ring is 1. The molecule has 6 nitrogen and oxygen atoms in total. The van der Waals surface area contributed by atoms with Crippen molar-refractivity contribution in [3.05, 3.63) is 18.1 Å². The molecule has 1 amide bonds. The van der Waals surface area contributed by atoms with Crippen LogP contribution in [0.4, 0.5) is 5.82 Å². The first-order valence-corrected chi connectivity index (χ1v) is 6.84. The molecule has 1 aromatic heterocycles. The number of piperidine rings is 1. The molecular weight excluding hydrogens is 242 g/mol.